The quantitative estimate of drug-likeness (QED) is 0.814. The monoisotopic (exact) mass is 390 g/mol. The molecule has 1 atom stereocenters. The van der Waals surface area contributed by atoms with E-state index in [4.69, 9.17) is 0 Å². The summed E-state index contributed by atoms with van der Waals surface area (Å²) in [5.41, 5.74) is 1.28. The molecule has 5 heteroatoms. The van der Waals surface area contributed by atoms with Crippen LogP contribution >= 0.6 is 28.3 Å². The summed E-state index contributed by atoms with van der Waals surface area (Å²) in [6.45, 7) is 4.31. The minimum absolute atomic E-state index is 0. The molecule has 0 radical (unpaired) electrons. The van der Waals surface area contributed by atoms with E-state index in [1.807, 2.05) is 12.1 Å². The van der Waals surface area contributed by atoms with Crippen LogP contribution in [-0.2, 0) is 0 Å². The third kappa shape index (κ3) is 4.22. The molecule has 22 heavy (non-hydrogen) atoms. The van der Waals surface area contributed by atoms with Gasteiger partial charge in [-0.25, -0.2) is 4.39 Å². The number of piperazine rings is 1. The van der Waals surface area contributed by atoms with Gasteiger partial charge in [-0.1, -0.05) is 25.3 Å². The van der Waals surface area contributed by atoms with E-state index in [1.165, 1.54) is 37.7 Å². The van der Waals surface area contributed by atoms with Crippen molar-refractivity contribution in [1.29, 1.82) is 0 Å². The molecular weight excluding hydrogens is 367 g/mol. The van der Waals surface area contributed by atoms with E-state index in [0.29, 0.717) is 16.4 Å². The van der Waals surface area contributed by atoms with Crippen molar-refractivity contribution in [2.24, 2.45) is 5.92 Å². The lowest BCUT2D eigenvalue weighted by Crippen LogP contribution is -2.47. The van der Waals surface area contributed by atoms with Crippen LogP contribution in [0.25, 0.3) is 0 Å². The molecular formula is C17H25BrClFN2. The van der Waals surface area contributed by atoms with Crippen LogP contribution in [-0.4, -0.2) is 31.1 Å². The zero-order valence-corrected chi connectivity index (χ0v) is 15.3. The summed E-state index contributed by atoms with van der Waals surface area (Å²) in [5, 5.41) is 3.43. The lowest BCUT2D eigenvalue weighted by molar-refractivity contribution is 0.103. The van der Waals surface area contributed by atoms with E-state index in [-0.39, 0.29) is 18.2 Å². The molecule has 1 aromatic rings. The Kier molecular flexibility index (Phi) is 7.13. The van der Waals surface area contributed by atoms with E-state index < -0.39 is 0 Å². The molecule has 0 aromatic heterocycles. The molecule has 2 nitrogen and oxygen atoms in total. The highest BCUT2D eigenvalue weighted by Gasteiger charge is 2.31. The molecule has 3 rings (SSSR count). The largest absolute Gasteiger partial charge is 0.314 e. The standard InChI is InChI=1S/C17H24BrFN2.ClH/c18-15-12-14(6-7-16(15)19)17(13-4-2-1-3-5-13)21-10-8-20-9-11-21;/h6-7,12-13,17,20H,1-5,8-11H2;1H/t17-;/m1./s1. The third-order valence-electron chi connectivity index (χ3n) is 4.93. The van der Waals surface area contributed by atoms with Gasteiger partial charge in [0, 0.05) is 32.2 Å². The number of benzene rings is 1. The Morgan fingerprint density at radius 1 is 1.14 bits per heavy atom. The van der Waals surface area contributed by atoms with Crippen molar-refractivity contribution >= 4 is 28.3 Å². The Bertz CT molecular complexity index is 456. The fourth-order valence-corrected chi connectivity index (χ4v) is 4.28. The summed E-state index contributed by atoms with van der Waals surface area (Å²) in [6, 6.07) is 6.04. The molecule has 1 saturated heterocycles. The molecule has 0 unspecified atom stereocenters. The van der Waals surface area contributed by atoms with E-state index in [0.717, 1.165) is 26.2 Å². The van der Waals surface area contributed by atoms with Gasteiger partial charge in [-0.3, -0.25) is 4.90 Å². The summed E-state index contributed by atoms with van der Waals surface area (Å²) in [4.78, 5) is 2.60. The first kappa shape index (κ1) is 18.2. The second-order valence-corrected chi connectivity index (χ2v) is 7.16. The summed E-state index contributed by atoms with van der Waals surface area (Å²) < 4.78 is 14.2. The molecule has 1 aliphatic carbocycles. The van der Waals surface area contributed by atoms with Crippen molar-refractivity contribution in [3.63, 3.8) is 0 Å². The molecule has 2 aliphatic rings. The number of hydrogen-bond donors (Lipinski definition) is 1. The smallest absolute Gasteiger partial charge is 0.137 e. The van der Waals surface area contributed by atoms with Gasteiger partial charge in [0.2, 0.25) is 0 Å². The first-order chi connectivity index (χ1) is 10.3. The van der Waals surface area contributed by atoms with Crippen LogP contribution in [0.5, 0.6) is 0 Å². The topological polar surface area (TPSA) is 15.3 Å². The lowest BCUT2D eigenvalue weighted by atomic mass is 9.80. The van der Waals surface area contributed by atoms with Crippen molar-refractivity contribution < 1.29 is 4.39 Å². The molecule has 1 saturated carbocycles. The number of halogens is 3. The summed E-state index contributed by atoms with van der Waals surface area (Å²) in [6.07, 6.45) is 6.68. The van der Waals surface area contributed by atoms with Crippen LogP contribution in [0.4, 0.5) is 4.39 Å². The fraction of sp³-hybridized carbons (Fsp3) is 0.647. The van der Waals surface area contributed by atoms with Gasteiger partial charge in [0.1, 0.15) is 5.82 Å². The minimum Gasteiger partial charge on any atom is -0.314 e. The van der Waals surface area contributed by atoms with Crippen LogP contribution in [0.1, 0.15) is 43.7 Å². The van der Waals surface area contributed by atoms with Gasteiger partial charge in [-0.05, 0) is 52.4 Å². The van der Waals surface area contributed by atoms with Gasteiger partial charge in [0.05, 0.1) is 4.47 Å². The molecule has 0 amide bonds. The third-order valence-corrected chi connectivity index (χ3v) is 5.53. The first-order valence-corrected chi connectivity index (χ1v) is 8.95. The maximum atomic E-state index is 13.6. The van der Waals surface area contributed by atoms with Crippen molar-refractivity contribution in [3.8, 4) is 0 Å². The van der Waals surface area contributed by atoms with Gasteiger partial charge in [-0.2, -0.15) is 0 Å². The second-order valence-electron chi connectivity index (χ2n) is 6.30. The Balaban J connectivity index is 0.00000176. The predicted molar refractivity (Wildman–Crippen MR) is 95.1 cm³/mol. The maximum absolute atomic E-state index is 13.6. The molecule has 2 fully saturated rings. The van der Waals surface area contributed by atoms with E-state index >= 15 is 0 Å². The van der Waals surface area contributed by atoms with Gasteiger partial charge >= 0.3 is 0 Å². The van der Waals surface area contributed by atoms with Crippen LogP contribution < -0.4 is 5.32 Å². The van der Waals surface area contributed by atoms with Crippen LogP contribution in [0.2, 0.25) is 0 Å². The number of hydrogen-bond acceptors (Lipinski definition) is 2. The average molecular weight is 392 g/mol. The highest BCUT2D eigenvalue weighted by atomic mass is 79.9. The SMILES string of the molecule is Cl.Fc1ccc([C@@H](C2CCCCC2)N2CCNCC2)cc1Br. The molecule has 124 valence electrons. The molecule has 0 bridgehead atoms. The zero-order valence-electron chi connectivity index (χ0n) is 12.9. The molecule has 1 N–H and O–H groups in total. The maximum Gasteiger partial charge on any atom is 0.137 e. The van der Waals surface area contributed by atoms with Crippen LogP contribution in [0.3, 0.4) is 0 Å². The average Bonchev–Trinajstić information content (AvgIpc) is 2.53. The van der Waals surface area contributed by atoms with Gasteiger partial charge < -0.3 is 5.32 Å². The lowest BCUT2D eigenvalue weighted by Gasteiger charge is -2.41. The van der Waals surface area contributed by atoms with Crippen LogP contribution in [0, 0.1) is 11.7 Å². The molecule has 0 spiro atoms. The molecule has 1 heterocycles. The zero-order chi connectivity index (χ0) is 14.7. The summed E-state index contributed by atoms with van der Waals surface area (Å²) >= 11 is 3.36. The number of nitrogens with zero attached hydrogens (tertiary/aromatic N) is 1. The summed E-state index contributed by atoms with van der Waals surface area (Å²) in [7, 11) is 0. The molecule has 1 aliphatic heterocycles. The number of rotatable bonds is 3. The second kappa shape index (κ2) is 8.62. The fourth-order valence-electron chi connectivity index (χ4n) is 3.89. The normalized spacial score (nSPS) is 22.1. The predicted octanol–water partition coefficient (Wildman–Crippen LogP) is 4.54. The Hall–Kier alpha value is -0.160. The van der Waals surface area contributed by atoms with E-state index in [2.05, 4.69) is 26.1 Å². The van der Waals surface area contributed by atoms with E-state index in [1.54, 1.807) is 6.07 Å². The Morgan fingerprint density at radius 3 is 2.45 bits per heavy atom. The highest BCUT2D eigenvalue weighted by molar-refractivity contribution is 9.10. The van der Waals surface area contributed by atoms with Crippen LogP contribution in [0.15, 0.2) is 22.7 Å². The Labute approximate surface area is 147 Å². The van der Waals surface area contributed by atoms with E-state index in [9.17, 15) is 4.39 Å². The Morgan fingerprint density at radius 2 is 1.82 bits per heavy atom. The minimum atomic E-state index is -0.165. The van der Waals surface area contributed by atoms with Gasteiger partial charge in [-0.15, -0.1) is 12.4 Å². The molecule has 1 aromatic carbocycles. The summed E-state index contributed by atoms with van der Waals surface area (Å²) in [5.74, 6) is 0.552. The van der Waals surface area contributed by atoms with Crippen molar-refractivity contribution in [1.82, 2.24) is 10.2 Å². The van der Waals surface area contributed by atoms with Gasteiger partial charge in [0.15, 0.2) is 0 Å². The first-order valence-electron chi connectivity index (χ1n) is 8.15. The van der Waals surface area contributed by atoms with Crippen molar-refractivity contribution in [2.45, 2.75) is 38.1 Å². The highest BCUT2D eigenvalue weighted by Crippen LogP contribution is 2.39. The van der Waals surface area contributed by atoms with Crippen molar-refractivity contribution in [3.05, 3.63) is 34.1 Å². The number of nitrogens with one attached hydrogen (secondary N) is 1. The van der Waals surface area contributed by atoms with Gasteiger partial charge in [0.25, 0.3) is 0 Å². The van der Waals surface area contributed by atoms with Crippen molar-refractivity contribution in [2.75, 3.05) is 26.2 Å².